The van der Waals surface area contributed by atoms with Crippen LogP contribution in [0.1, 0.15) is 25.7 Å². The third kappa shape index (κ3) is 3.40. The standard InChI is InChI=1S/C16H18N2O3/c17-10-5-11-18(12-6-2-1-3-7-12)15(19)13-8-4-9-14(13)16(20)21/h1-3,6-7,13-14H,4-5,8-9,11H2,(H,20,21). The van der Waals surface area contributed by atoms with Crippen LogP contribution in [-0.4, -0.2) is 23.5 Å². The van der Waals surface area contributed by atoms with Gasteiger partial charge in [-0.25, -0.2) is 0 Å². The number of carbonyl (C=O) groups is 2. The maximum absolute atomic E-state index is 12.7. The Hall–Kier alpha value is -2.35. The van der Waals surface area contributed by atoms with Gasteiger partial charge in [-0.15, -0.1) is 0 Å². The van der Waals surface area contributed by atoms with E-state index in [1.807, 2.05) is 24.3 Å². The summed E-state index contributed by atoms with van der Waals surface area (Å²) in [6, 6.07) is 11.2. The van der Waals surface area contributed by atoms with E-state index in [9.17, 15) is 14.7 Å². The van der Waals surface area contributed by atoms with Gasteiger partial charge in [0.15, 0.2) is 0 Å². The molecule has 0 aromatic heterocycles. The van der Waals surface area contributed by atoms with E-state index in [-0.39, 0.29) is 12.3 Å². The molecule has 0 aliphatic heterocycles. The maximum atomic E-state index is 12.7. The average molecular weight is 286 g/mol. The lowest BCUT2D eigenvalue weighted by Crippen LogP contribution is -2.40. The lowest BCUT2D eigenvalue weighted by atomic mass is 9.94. The van der Waals surface area contributed by atoms with Crippen LogP contribution in [0, 0.1) is 23.2 Å². The van der Waals surface area contributed by atoms with Crippen molar-refractivity contribution in [3.8, 4) is 6.07 Å². The van der Waals surface area contributed by atoms with Gasteiger partial charge in [-0.3, -0.25) is 9.59 Å². The summed E-state index contributed by atoms with van der Waals surface area (Å²) in [6.45, 7) is 0.294. The highest BCUT2D eigenvalue weighted by Gasteiger charge is 2.39. The largest absolute Gasteiger partial charge is 0.481 e. The molecule has 2 rings (SSSR count). The number of amides is 1. The fraction of sp³-hybridized carbons (Fsp3) is 0.438. The van der Waals surface area contributed by atoms with Crippen molar-refractivity contribution >= 4 is 17.6 Å². The number of nitriles is 1. The number of carbonyl (C=O) groups excluding carboxylic acids is 1. The Balaban J connectivity index is 2.22. The van der Waals surface area contributed by atoms with Crippen LogP contribution >= 0.6 is 0 Å². The maximum Gasteiger partial charge on any atom is 0.307 e. The van der Waals surface area contributed by atoms with Gasteiger partial charge in [-0.2, -0.15) is 5.26 Å². The number of hydrogen-bond acceptors (Lipinski definition) is 3. The molecule has 110 valence electrons. The van der Waals surface area contributed by atoms with Crippen LogP contribution in [0.15, 0.2) is 30.3 Å². The van der Waals surface area contributed by atoms with Crippen molar-refractivity contribution in [1.29, 1.82) is 5.26 Å². The van der Waals surface area contributed by atoms with E-state index in [2.05, 4.69) is 0 Å². The molecular formula is C16H18N2O3. The number of hydrogen-bond donors (Lipinski definition) is 1. The van der Waals surface area contributed by atoms with Gasteiger partial charge in [-0.1, -0.05) is 24.6 Å². The van der Waals surface area contributed by atoms with E-state index in [1.54, 1.807) is 17.0 Å². The van der Waals surface area contributed by atoms with Crippen molar-refractivity contribution in [3.05, 3.63) is 30.3 Å². The average Bonchev–Trinajstić information content (AvgIpc) is 2.98. The normalized spacial score (nSPS) is 20.7. The van der Waals surface area contributed by atoms with Crippen LogP contribution in [-0.2, 0) is 9.59 Å². The molecule has 1 saturated carbocycles. The second-order valence-corrected chi connectivity index (χ2v) is 5.22. The van der Waals surface area contributed by atoms with Gasteiger partial charge in [0.1, 0.15) is 0 Å². The van der Waals surface area contributed by atoms with E-state index in [1.165, 1.54) is 0 Å². The number of nitrogens with zero attached hydrogens (tertiary/aromatic N) is 2. The lowest BCUT2D eigenvalue weighted by molar-refractivity contribution is -0.145. The summed E-state index contributed by atoms with van der Waals surface area (Å²) in [5, 5.41) is 18.0. The quantitative estimate of drug-likeness (QED) is 0.901. The van der Waals surface area contributed by atoms with Gasteiger partial charge in [0.25, 0.3) is 0 Å². The molecule has 21 heavy (non-hydrogen) atoms. The van der Waals surface area contributed by atoms with Crippen LogP contribution in [0.3, 0.4) is 0 Å². The molecule has 1 aliphatic carbocycles. The number of carboxylic acid groups (broad SMARTS) is 1. The molecule has 1 N–H and O–H groups in total. The third-order valence-electron chi connectivity index (χ3n) is 3.93. The predicted molar refractivity (Wildman–Crippen MR) is 77.5 cm³/mol. The lowest BCUT2D eigenvalue weighted by Gasteiger charge is -2.26. The van der Waals surface area contributed by atoms with E-state index in [0.717, 1.165) is 6.42 Å². The van der Waals surface area contributed by atoms with Gasteiger partial charge in [0, 0.05) is 12.2 Å². The highest BCUT2D eigenvalue weighted by molar-refractivity contribution is 5.97. The summed E-state index contributed by atoms with van der Waals surface area (Å²) >= 11 is 0. The first-order valence-corrected chi connectivity index (χ1v) is 7.11. The molecule has 1 amide bonds. The van der Waals surface area contributed by atoms with Gasteiger partial charge < -0.3 is 10.0 Å². The minimum atomic E-state index is -0.904. The predicted octanol–water partition coefficient (Wildman–Crippen LogP) is 2.43. The molecular weight excluding hydrogens is 268 g/mol. The molecule has 5 nitrogen and oxygen atoms in total. The molecule has 1 aromatic carbocycles. The van der Waals surface area contributed by atoms with Crippen molar-refractivity contribution in [2.75, 3.05) is 11.4 Å². The molecule has 2 atom stereocenters. The zero-order chi connectivity index (χ0) is 15.2. The van der Waals surface area contributed by atoms with Crippen molar-refractivity contribution in [1.82, 2.24) is 0 Å². The summed E-state index contributed by atoms with van der Waals surface area (Å²) < 4.78 is 0. The summed E-state index contributed by atoms with van der Waals surface area (Å²) in [5.74, 6) is -2.17. The second-order valence-electron chi connectivity index (χ2n) is 5.22. The first-order valence-electron chi connectivity index (χ1n) is 7.11. The van der Waals surface area contributed by atoms with E-state index in [4.69, 9.17) is 5.26 Å². The van der Waals surface area contributed by atoms with Gasteiger partial charge in [0.2, 0.25) is 5.91 Å². The zero-order valence-corrected chi connectivity index (χ0v) is 11.7. The number of anilines is 1. The van der Waals surface area contributed by atoms with Crippen LogP contribution < -0.4 is 4.90 Å². The topological polar surface area (TPSA) is 81.4 Å². The molecule has 1 aliphatic rings. The van der Waals surface area contributed by atoms with Crippen LogP contribution in [0.5, 0.6) is 0 Å². The first kappa shape index (κ1) is 15.0. The minimum absolute atomic E-state index is 0.179. The highest BCUT2D eigenvalue weighted by atomic mass is 16.4. The molecule has 1 aromatic rings. The Morgan fingerprint density at radius 2 is 1.90 bits per heavy atom. The summed E-state index contributed by atoms with van der Waals surface area (Å²) in [5.41, 5.74) is 0.716. The fourth-order valence-electron chi connectivity index (χ4n) is 2.89. The van der Waals surface area contributed by atoms with E-state index >= 15 is 0 Å². The Kier molecular flexibility index (Phi) is 4.94. The molecule has 5 heteroatoms. The minimum Gasteiger partial charge on any atom is -0.481 e. The van der Waals surface area contributed by atoms with Gasteiger partial charge in [-0.05, 0) is 25.0 Å². The summed E-state index contributed by atoms with van der Waals surface area (Å²) in [6.07, 6.45) is 2.14. The third-order valence-corrected chi connectivity index (χ3v) is 3.93. The van der Waals surface area contributed by atoms with Crippen LogP contribution in [0.2, 0.25) is 0 Å². The number of rotatable bonds is 5. The first-order chi connectivity index (χ1) is 10.1. The fourth-order valence-corrected chi connectivity index (χ4v) is 2.89. The monoisotopic (exact) mass is 286 g/mol. The van der Waals surface area contributed by atoms with Crippen LogP contribution in [0.4, 0.5) is 5.69 Å². The number of carboxylic acids is 1. The molecule has 0 radical (unpaired) electrons. The van der Waals surface area contributed by atoms with E-state index in [0.29, 0.717) is 25.1 Å². The second kappa shape index (κ2) is 6.89. The molecule has 0 spiro atoms. The Labute approximate surface area is 123 Å². The summed E-state index contributed by atoms with van der Waals surface area (Å²) in [7, 11) is 0. The van der Waals surface area contributed by atoms with Crippen molar-refractivity contribution in [2.24, 2.45) is 11.8 Å². The molecule has 0 saturated heterocycles. The van der Waals surface area contributed by atoms with Crippen LogP contribution in [0.25, 0.3) is 0 Å². The number of aliphatic carboxylic acids is 1. The SMILES string of the molecule is N#CCCN(C(=O)C1CCCC1C(=O)O)c1ccccc1. The highest BCUT2D eigenvalue weighted by Crippen LogP contribution is 2.34. The van der Waals surface area contributed by atoms with Crippen molar-refractivity contribution in [3.63, 3.8) is 0 Å². The smallest absolute Gasteiger partial charge is 0.307 e. The van der Waals surface area contributed by atoms with Gasteiger partial charge >= 0.3 is 5.97 Å². The zero-order valence-electron chi connectivity index (χ0n) is 11.7. The van der Waals surface area contributed by atoms with E-state index < -0.39 is 17.8 Å². The molecule has 1 fully saturated rings. The summed E-state index contributed by atoms with van der Waals surface area (Å²) in [4.78, 5) is 25.5. The molecule has 2 unspecified atom stereocenters. The molecule has 0 bridgehead atoms. The number of para-hydroxylation sites is 1. The number of benzene rings is 1. The van der Waals surface area contributed by atoms with Crippen molar-refractivity contribution < 1.29 is 14.7 Å². The van der Waals surface area contributed by atoms with Gasteiger partial charge in [0.05, 0.1) is 24.3 Å². The molecule has 0 heterocycles. The Morgan fingerprint density at radius 3 is 2.52 bits per heavy atom. The Bertz CT molecular complexity index is 550. The van der Waals surface area contributed by atoms with Crippen molar-refractivity contribution in [2.45, 2.75) is 25.7 Å². The Morgan fingerprint density at radius 1 is 1.24 bits per heavy atom.